The lowest BCUT2D eigenvalue weighted by atomic mass is 10.1. The van der Waals surface area contributed by atoms with E-state index in [-0.39, 0.29) is 16.3 Å². The first-order valence-electron chi connectivity index (χ1n) is 8.56. The third-order valence-corrected chi connectivity index (χ3v) is 5.27. The minimum Gasteiger partial charge on any atom is -0.315 e. The van der Waals surface area contributed by atoms with Gasteiger partial charge in [0.2, 0.25) is 0 Å². The Labute approximate surface area is 177 Å². The van der Waals surface area contributed by atoms with Crippen LogP contribution in [0.3, 0.4) is 0 Å². The zero-order valence-electron chi connectivity index (χ0n) is 15.6. The molecule has 1 aromatic heterocycles. The van der Waals surface area contributed by atoms with E-state index in [2.05, 4.69) is 5.32 Å². The molecule has 6 nitrogen and oxygen atoms in total. The Morgan fingerprint density at radius 3 is 2.48 bits per heavy atom. The predicted octanol–water partition coefficient (Wildman–Crippen LogP) is 4.34. The molecule has 29 heavy (non-hydrogen) atoms. The topological polar surface area (TPSA) is 79.8 Å². The van der Waals surface area contributed by atoms with Crippen molar-refractivity contribution in [2.45, 2.75) is 6.92 Å². The number of anilines is 1. The van der Waals surface area contributed by atoms with Gasteiger partial charge in [0, 0.05) is 7.05 Å². The van der Waals surface area contributed by atoms with Crippen molar-refractivity contribution < 1.29 is 4.79 Å². The first kappa shape index (κ1) is 20.5. The number of para-hydroxylation sites is 1. The summed E-state index contributed by atoms with van der Waals surface area (Å²) in [5, 5.41) is 12.5. The number of hydrogen-bond donors (Lipinski definition) is 1. The molecule has 1 N–H and O–H groups in total. The maximum Gasteiger partial charge on any atom is 0.295 e. The minimum atomic E-state index is -0.713. The first-order chi connectivity index (χ1) is 13.8. The van der Waals surface area contributed by atoms with Crippen LogP contribution < -0.4 is 10.9 Å². The lowest BCUT2D eigenvalue weighted by Crippen LogP contribution is -2.23. The zero-order chi connectivity index (χ0) is 21.1. The number of benzene rings is 2. The van der Waals surface area contributed by atoms with Crippen LogP contribution in [0.1, 0.15) is 11.3 Å². The van der Waals surface area contributed by atoms with E-state index in [1.807, 2.05) is 24.3 Å². The molecule has 0 saturated heterocycles. The summed E-state index contributed by atoms with van der Waals surface area (Å²) >= 11 is 12.1. The molecule has 0 radical (unpaired) electrons. The highest BCUT2D eigenvalue weighted by molar-refractivity contribution is 6.43. The fraction of sp³-hybridized carbons (Fsp3) is 0.0952. The highest BCUT2D eigenvalue weighted by Crippen LogP contribution is 2.27. The second-order valence-electron chi connectivity index (χ2n) is 6.20. The van der Waals surface area contributed by atoms with Gasteiger partial charge < -0.3 is 5.32 Å². The molecule has 8 heteroatoms. The number of rotatable bonds is 4. The maximum absolute atomic E-state index is 12.9. The first-order valence-corrected chi connectivity index (χ1v) is 9.32. The Hall–Kier alpha value is -3.27. The van der Waals surface area contributed by atoms with Crippen molar-refractivity contribution in [2.24, 2.45) is 7.05 Å². The minimum absolute atomic E-state index is 0.0969. The predicted molar refractivity (Wildman–Crippen MR) is 114 cm³/mol. The standard InChI is InChI=1S/C21H16Cl2N4O2/c1-13-19(21(29)27(26(13)2)16-8-4-3-5-9-16)25-20(28)15(12-24)11-14-7-6-10-17(22)18(14)23/h3-11H,1-2H3,(H,25,28)/b15-11-. The number of aromatic nitrogens is 2. The van der Waals surface area contributed by atoms with Gasteiger partial charge >= 0.3 is 0 Å². The van der Waals surface area contributed by atoms with Gasteiger partial charge in [0.15, 0.2) is 0 Å². The van der Waals surface area contributed by atoms with Crippen LogP contribution in [0.15, 0.2) is 58.9 Å². The van der Waals surface area contributed by atoms with Crippen molar-refractivity contribution >= 4 is 40.9 Å². The van der Waals surface area contributed by atoms with Crippen molar-refractivity contribution in [3.63, 3.8) is 0 Å². The number of nitrogens with zero attached hydrogens (tertiary/aromatic N) is 3. The highest BCUT2D eigenvalue weighted by Gasteiger charge is 2.20. The second-order valence-corrected chi connectivity index (χ2v) is 6.99. The summed E-state index contributed by atoms with van der Waals surface area (Å²) in [5.41, 5.74) is 1.12. The van der Waals surface area contributed by atoms with Crippen LogP contribution in [-0.4, -0.2) is 15.3 Å². The molecule has 0 unspecified atom stereocenters. The lowest BCUT2D eigenvalue weighted by molar-refractivity contribution is -0.112. The van der Waals surface area contributed by atoms with Crippen LogP contribution in [0, 0.1) is 18.3 Å². The maximum atomic E-state index is 12.9. The molecule has 1 heterocycles. The van der Waals surface area contributed by atoms with Gasteiger partial charge in [0.25, 0.3) is 11.5 Å². The molecule has 2 aromatic carbocycles. The number of carbonyl (C=O) groups excluding carboxylic acids is 1. The summed E-state index contributed by atoms with van der Waals surface area (Å²) in [5.74, 6) is -0.713. The SMILES string of the molecule is Cc1c(NC(=O)/C(C#N)=C\c2cccc(Cl)c2Cl)c(=O)n(-c2ccccc2)n1C. The Kier molecular flexibility index (Phi) is 5.92. The Balaban J connectivity index is 1.99. The third kappa shape index (κ3) is 3.97. The van der Waals surface area contributed by atoms with Crippen LogP contribution in [-0.2, 0) is 11.8 Å². The second kappa shape index (κ2) is 8.39. The van der Waals surface area contributed by atoms with Gasteiger partial charge in [-0.1, -0.05) is 53.5 Å². The monoisotopic (exact) mass is 426 g/mol. The van der Waals surface area contributed by atoms with Crippen molar-refractivity contribution in [3.8, 4) is 11.8 Å². The van der Waals surface area contributed by atoms with E-state index in [9.17, 15) is 14.9 Å². The van der Waals surface area contributed by atoms with E-state index in [1.165, 1.54) is 10.8 Å². The summed E-state index contributed by atoms with van der Waals surface area (Å²) in [6.45, 7) is 1.71. The summed E-state index contributed by atoms with van der Waals surface area (Å²) in [6.07, 6.45) is 1.33. The van der Waals surface area contributed by atoms with Gasteiger partial charge in [0.05, 0.1) is 21.4 Å². The largest absolute Gasteiger partial charge is 0.315 e. The molecule has 0 saturated carbocycles. The molecular formula is C21H16Cl2N4O2. The van der Waals surface area contributed by atoms with Crippen molar-refractivity contribution in [1.29, 1.82) is 5.26 Å². The Morgan fingerprint density at radius 1 is 1.14 bits per heavy atom. The smallest absolute Gasteiger partial charge is 0.295 e. The average molecular weight is 427 g/mol. The van der Waals surface area contributed by atoms with E-state index >= 15 is 0 Å². The quantitative estimate of drug-likeness (QED) is 0.497. The fourth-order valence-electron chi connectivity index (χ4n) is 2.83. The number of nitrogens with one attached hydrogen (secondary N) is 1. The van der Waals surface area contributed by atoms with Crippen molar-refractivity contribution in [2.75, 3.05) is 5.32 Å². The fourth-order valence-corrected chi connectivity index (χ4v) is 3.19. The third-order valence-electron chi connectivity index (χ3n) is 4.44. The van der Waals surface area contributed by atoms with E-state index in [0.29, 0.717) is 22.0 Å². The van der Waals surface area contributed by atoms with Gasteiger partial charge in [-0.05, 0) is 36.8 Å². The normalized spacial score (nSPS) is 11.2. The molecule has 0 aliphatic carbocycles. The van der Waals surface area contributed by atoms with E-state index < -0.39 is 11.5 Å². The van der Waals surface area contributed by atoms with Gasteiger partial charge in [-0.2, -0.15) is 5.26 Å². The summed E-state index contributed by atoms with van der Waals surface area (Å²) in [4.78, 5) is 25.6. The summed E-state index contributed by atoms with van der Waals surface area (Å²) < 4.78 is 3.07. The van der Waals surface area contributed by atoms with E-state index in [4.69, 9.17) is 23.2 Å². The molecule has 3 aromatic rings. The molecule has 0 bridgehead atoms. The molecule has 0 aliphatic rings. The molecule has 0 fully saturated rings. The van der Waals surface area contributed by atoms with Gasteiger partial charge in [-0.25, -0.2) is 4.68 Å². The van der Waals surface area contributed by atoms with Crippen LogP contribution >= 0.6 is 23.2 Å². The van der Waals surface area contributed by atoms with Gasteiger partial charge in [0.1, 0.15) is 17.3 Å². The molecular weight excluding hydrogens is 411 g/mol. The number of amides is 1. The number of nitriles is 1. The molecule has 0 aliphatic heterocycles. The molecule has 0 atom stereocenters. The lowest BCUT2D eigenvalue weighted by Gasteiger charge is -2.07. The van der Waals surface area contributed by atoms with E-state index in [1.54, 1.807) is 49.0 Å². The van der Waals surface area contributed by atoms with E-state index in [0.717, 1.165) is 0 Å². The average Bonchev–Trinajstić information content (AvgIpc) is 2.93. The Morgan fingerprint density at radius 2 is 1.83 bits per heavy atom. The van der Waals surface area contributed by atoms with Gasteiger partial charge in [-0.15, -0.1) is 0 Å². The summed E-state index contributed by atoms with van der Waals surface area (Å²) in [7, 11) is 1.71. The van der Waals surface area contributed by atoms with Crippen molar-refractivity contribution in [3.05, 3.63) is 85.8 Å². The number of halogens is 2. The molecule has 0 spiro atoms. The van der Waals surface area contributed by atoms with Crippen LogP contribution in [0.25, 0.3) is 11.8 Å². The highest BCUT2D eigenvalue weighted by atomic mass is 35.5. The van der Waals surface area contributed by atoms with Crippen LogP contribution in [0.4, 0.5) is 5.69 Å². The molecule has 1 amide bonds. The van der Waals surface area contributed by atoms with Crippen molar-refractivity contribution in [1.82, 2.24) is 9.36 Å². The zero-order valence-corrected chi connectivity index (χ0v) is 17.1. The number of hydrogen-bond acceptors (Lipinski definition) is 3. The van der Waals surface area contributed by atoms with Gasteiger partial charge in [-0.3, -0.25) is 14.3 Å². The van der Waals surface area contributed by atoms with Crippen LogP contribution in [0.5, 0.6) is 0 Å². The Bertz CT molecular complexity index is 1220. The van der Waals surface area contributed by atoms with Crippen LogP contribution in [0.2, 0.25) is 10.0 Å². The molecule has 146 valence electrons. The number of carbonyl (C=O) groups is 1. The summed E-state index contributed by atoms with van der Waals surface area (Å²) in [6, 6.07) is 15.8. The molecule has 3 rings (SSSR count).